The highest BCUT2D eigenvalue weighted by Crippen LogP contribution is 2.22. The molecule has 1 amide bonds. The van der Waals surface area contributed by atoms with Crippen LogP contribution in [0.5, 0.6) is 5.75 Å². The van der Waals surface area contributed by atoms with Gasteiger partial charge in [0.15, 0.2) is 0 Å². The van der Waals surface area contributed by atoms with E-state index in [1.165, 1.54) is 18.4 Å². The van der Waals surface area contributed by atoms with Crippen LogP contribution in [0.1, 0.15) is 31.2 Å². The summed E-state index contributed by atoms with van der Waals surface area (Å²) in [5.74, 6) is 0.669. The minimum atomic E-state index is -0.202. The van der Waals surface area contributed by atoms with Gasteiger partial charge in [-0.25, -0.2) is 0 Å². The molecule has 0 aliphatic carbocycles. The highest BCUT2D eigenvalue weighted by molar-refractivity contribution is 5.74. The topological polar surface area (TPSA) is 55.6 Å². The van der Waals surface area contributed by atoms with E-state index < -0.39 is 0 Å². The number of likely N-dealkylation sites (tertiary alicyclic amines) is 1. The molecule has 0 spiro atoms. The van der Waals surface area contributed by atoms with Gasteiger partial charge in [-0.3, -0.25) is 9.69 Å². The number of benzene rings is 1. The molecule has 1 aromatic carbocycles. The van der Waals surface area contributed by atoms with Gasteiger partial charge in [0.05, 0.1) is 7.11 Å². The van der Waals surface area contributed by atoms with E-state index in [4.69, 9.17) is 10.5 Å². The molecule has 1 heterocycles. The number of methoxy groups -OCH3 is 1. The smallest absolute Gasteiger partial charge is 0.218 e. The predicted octanol–water partition coefficient (Wildman–Crippen LogP) is 1.93. The normalized spacial score (nSPS) is 20.2. The van der Waals surface area contributed by atoms with Crippen LogP contribution in [0.25, 0.3) is 0 Å². The first-order valence-corrected chi connectivity index (χ1v) is 6.84. The monoisotopic (exact) mass is 262 g/mol. The number of nitrogens with zero attached hydrogens (tertiary/aromatic N) is 1. The molecule has 1 aliphatic heterocycles. The summed E-state index contributed by atoms with van der Waals surface area (Å²) in [6.45, 7) is 1.92. The molecule has 2 N–H and O–H groups in total. The van der Waals surface area contributed by atoms with Crippen molar-refractivity contribution in [2.75, 3.05) is 13.7 Å². The number of rotatable bonds is 5. The molecule has 1 aliphatic rings. The van der Waals surface area contributed by atoms with Crippen LogP contribution >= 0.6 is 0 Å². The lowest BCUT2D eigenvalue weighted by Crippen LogP contribution is -2.41. The lowest BCUT2D eigenvalue weighted by Gasteiger charge is -2.35. The summed E-state index contributed by atoms with van der Waals surface area (Å²) in [7, 11) is 1.67. The molecule has 0 saturated carbocycles. The fraction of sp³-hybridized carbons (Fsp3) is 0.533. The maximum Gasteiger partial charge on any atom is 0.218 e. The molecule has 104 valence electrons. The first-order valence-electron chi connectivity index (χ1n) is 6.84. The molecular formula is C15H22N2O2. The summed E-state index contributed by atoms with van der Waals surface area (Å²) >= 11 is 0. The maximum atomic E-state index is 11.1. The molecule has 1 fully saturated rings. The molecule has 19 heavy (non-hydrogen) atoms. The van der Waals surface area contributed by atoms with Crippen LogP contribution in [0, 0.1) is 0 Å². The van der Waals surface area contributed by atoms with Crippen molar-refractivity contribution in [3.05, 3.63) is 29.8 Å². The molecule has 2 rings (SSSR count). The minimum absolute atomic E-state index is 0.202. The van der Waals surface area contributed by atoms with Gasteiger partial charge in [0.2, 0.25) is 5.91 Å². The maximum absolute atomic E-state index is 11.1. The van der Waals surface area contributed by atoms with E-state index in [-0.39, 0.29) is 5.91 Å². The van der Waals surface area contributed by atoms with Crippen molar-refractivity contribution in [2.45, 2.75) is 38.3 Å². The van der Waals surface area contributed by atoms with Gasteiger partial charge in [0.1, 0.15) is 5.75 Å². The summed E-state index contributed by atoms with van der Waals surface area (Å²) in [6, 6.07) is 8.40. The van der Waals surface area contributed by atoms with Gasteiger partial charge in [0, 0.05) is 19.0 Å². The number of piperidine rings is 1. The standard InChI is InChI=1S/C15H22N2O2/c1-19-14-7-5-12(6-8-14)11-17-9-3-2-4-13(17)10-15(16)18/h5-8,13H,2-4,9-11H2,1H3,(H2,16,18). The van der Waals surface area contributed by atoms with Gasteiger partial charge in [-0.1, -0.05) is 18.6 Å². The van der Waals surface area contributed by atoms with E-state index in [1.807, 2.05) is 12.1 Å². The van der Waals surface area contributed by atoms with Crippen molar-refractivity contribution in [2.24, 2.45) is 5.73 Å². The second kappa shape index (κ2) is 6.57. The summed E-state index contributed by atoms with van der Waals surface area (Å²) in [5, 5.41) is 0. The number of primary amides is 1. The summed E-state index contributed by atoms with van der Waals surface area (Å²) in [5.41, 5.74) is 6.58. The Labute approximate surface area is 114 Å². The lowest BCUT2D eigenvalue weighted by atomic mass is 9.98. The third kappa shape index (κ3) is 3.96. The molecule has 4 nitrogen and oxygen atoms in total. The first-order chi connectivity index (χ1) is 9.19. The number of amides is 1. The zero-order valence-corrected chi connectivity index (χ0v) is 11.5. The number of hydrogen-bond donors (Lipinski definition) is 1. The van der Waals surface area contributed by atoms with Crippen molar-refractivity contribution >= 4 is 5.91 Å². The molecule has 1 atom stereocenters. The van der Waals surface area contributed by atoms with Gasteiger partial charge >= 0.3 is 0 Å². The van der Waals surface area contributed by atoms with E-state index in [2.05, 4.69) is 17.0 Å². The number of ether oxygens (including phenoxy) is 1. The van der Waals surface area contributed by atoms with Gasteiger partial charge in [0.25, 0.3) is 0 Å². The van der Waals surface area contributed by atoms with Crippen LogP contribution in [0.3, 0.4) is 0 Å². The molecule has 4 heteroatoms. The molecule has 1 saturated heterocycles. The fourth-order valence-corrected chi connectivity index (χ4v) is 2.70. The Morgan fingerprint density at radius 2 is 2.11 bits per heavy atom. The van der Waals surface area contributed by atoms with Gasteiger partial charge < -0.3 is 10.5 Å². The Kier molecular flexibility index (Phi) is 4.80. The Balaban J connectivity index is 1.99. The molecule has 1 aromatic rings. The van der Waals surface area contributed by atoms with Crippen molar-refractivity contribution < 1.29 is 9.53 Å². The third-order valence-corrected chi connectivity index (χ3v) is 3.73. The van der Waals surface area contributed by atoms with Crippen LogP contribution in [0.4, 0.5) is 0 Å². The Morgan fingerprint density at radius 1 is 1.37 bits per heavy atom. The number of hydrogen-bond acceptors (Lipinski definition) is 3. The Bertz CT molecular complexity index is 417. The Hall–Kier alpha value is -1.55. The molecule has 1 unspecified atom stereocenters. The number of nitrogens with two attached hydrogens (primary N) is 1. The number of carbonyl (C=O) groups excluding carboxylic acids is 1. The van der Waals surface area contributed by atoms with E-state index in [9.17, 15) is 4.79 Å². The van der Waals surface area contributed by atoms with Gasteiger partial charge in [-0.2, -0.15) is 0 Å². The van der Waals surface area contributed by atoms with Crippen LogP contribution in [0.15, 0.2) is 24.3 Å². The van der Waals surface area contributed by atoms with Crippen molar-refractivity contribution in [1.82, 2.24) is 4.90 Å². The number of carbonyl (C=O) groups is 1. The van der Waals surface area contributed by atoms with Crippen molar-refractivity contribution in [3.8, 4) is 5.75 Å². The minimum Gasteiger partial charge on any atom is -0.497 e. The van der Waals surface area contributed by atoms with E-state index in [0.717, 1.165) is 25.3 Å². The SMILES string of the molecule is COc1ccc(CN2CCCCC2CC(N)=O)cc1. The average Bonchev–Trinajstić information content (AvgIpc) is 2.41. The van der Waals surface area contributed by atoms with Gasteiger partial charge in [-0.05, 0) is 37.1 Å². The Morgan fingerprint density at radius 3 is 2.74 bits per heavy atom. The van der Waals surface area contributed by atoms with Crippen LogP contribution in [-0.2, 0) is 11.3 Å². The molecule has 0 aromatic heterocycles. The van der Waals surface area contributed by atoms with Crippen LogP contribution in [0.2, 0.25) is 0 Å². The first kappa shape index (κ1) is 13.9. The van der Waals surface area contributed by atoms with Crippen LogP contribution in [-0.4, -0.2) is 30.5 Å². The largest absolute Gasteiger partial charge is 0.497 e. The second-order valence-corrected chi connectivity index (χ2v) is 5.14. The highest BCUT2D eigenvalue weighted by atomic mass is 16.5. The average molecular weight is 262 g/mol. The summed E-state index contributed by atoms with van der Waals surface area (Å²) < 4.78 is 5.16. The van der Waals surface area contributed by atoms with Crippen LogP contribution < -0.4 is 10.5 Å². The molecule has 0 bridgehead atoms. The predicted molar refractivity (Wildman–Crippen MR) is 74.9 cm³/mol. The summed E-state index contributed by atoms with van der Waals surface area (Å²) in [4.78, 5) is 13.5. The zero-order valence-electron chi connectivity index (χ0n) is 11.5. The molecule has 0 radical (unpaired) electrons. The van der Waals surface area contributed by atoms with Crippen molar-refractivity contribution in [3.63, 3.8) is 0 Å². The third-order valence-electron chi connectivity index (χ3n) is 3.73. The second-order valence-electron chi connectivity index (χ2n) is 5.14. The van der Waals surface area contributed by atoms with Crippen molar-refractivity contribution in [1.29, 1.82) is 0 Å². The lowest BCUT2D eigenvalue weighted by molar-refractivity contribution is -0.119. The fourth-order valence-electron chi connectivity index (χ4n) is 2.70. The quantitative estimate of drug-likeness (QED) is 0.882. The highest BCUT2D eigenvalue weighted by Gasteiger charge is 2.23. The van der Waals surface area contributed by atoms with E-state index in [0.29, 0.717) is 12.5 Å². The van der Waals surface area contributed by atoms with E-state index in [1.54, 1.807) is 7.11 Å². The molecular weight excluding hydrogens is 240 g/mol. The zero-order chi connectivity index (χ0) is 13.7. The van der Waals surface area contributed by atoms with Gasteiger partial charge in [-0.15, -0.1) is 0 Å². The van der Waals surface area contributed by atoms with E-state index >= 15 is 0 Å². The summed E-state index contributed by atoms with van der Waals surface area (Å²) in [6.07, 6.45) is 3.93.